The van der Waals surface area contributed by atoms with Gasteiger partial charge in [0, 0.05) is 27.8 Å². The van der Waals surface area contributed by atoms with Gasteiger partial charge in [-0.1, -0.05) is 60.7 Å². The maximum atomic E-state index is 12.8. The second-order valence-corrected chi connectivity index (χ2v) is 9.05. The molecule has 0 atom stereocenters. The topological polar surface area (TPSA) is 57.5 Å². The van der Waals surface area contributed by atoms with Crippen LogP contribution in [0.25, 0.3) is 21.8 Å². The van der Waals surface area contributed by atoms with Crippen molar-refractivity contribution >= 4 is 33.7 Å². The van der Waals surface area contributed by atoms with Gasteiger partial charge in [0.2, 0.25) is 0 Å². The van der Waals surface area contributed by atoms with Crippen LogP contribution >= 0.6 is 0 Å². The molecule has 0 fully saturated rings. The van der Waals surface area contributed by atoms with Gasteiger partial charge >= 0.3 is 11.9 Å². The van der Waals surface area contributed by atoms with Crippen molar-refractivity contribution in [1.29, 1.82) is 0 Å². The van der Waals surface area contributed by atoms with Crippen molar-refractivity contribution < 1.29 is 19.1 Å². The quantitative estimate of drug-likeness (QED) is 0.235. The molecule has 180 valence electrons. The Morgan fingerprint density at radius 1 is 0.639 bits per heavy atom. The second-order valence-electron chi connectivity index (χ2n) is 9.05. The summed E-state index contributed by atoms with van der Waals surface area (Å²) in [6, 6.07) is 30.6. The van der Waals surface area contributed by atoms with Crippen LogP contribution in [0.4, 0.5) is 0 Å². The molecule has 0 N–H and O–H groups in total. The zero-order valence-electron chi connectivity index (χ0n) is 20.3. The summed E-state index contributed by atoms with van der Waals surface area (Å²) in [5.41, 5.74) is 4.80. The Morgan fingerprint density at radius 3 is 1.44 bits per heavy atom. The van der Waals surface area contributed by atoms with Crippen molar-refractivity contribution in [3.8, 4) is 0 Å². The van der Waals surface area contributed by atoms with Gasteiger partial charge in [-0.05, 0) is 61.4 Å². The number of fused-ring (bicyclic) bond motifs is 3. The Balaban J connectivity index is 1.47. The molecule has 4 aromatic carbocycles. The molecule has 0 bridgehead atoms. The minimum atomic E-state index is -0.385. The minimum absolute atomic E-state index is 0.191. The van der Waals surface area contributed by atoms with Crippen molar-refractivity contribution in [2.45, 2.75) is 33.1 Å². The maximum absolute atomic E-state index is 12.8. The van der Waals surface area contributed by atoms with Crippen LogP contribution < -0.4 is 0 Å². The standard InChI is InChI=1S/C31H27NO4/c1-21(2)32-28-15-13-24(30(33)35-19-22-9-5-3-6-10-22)17-26(28)27-18-25(14-16-29(27)32)31(34)36-20-23-11-7-4-8-12-23/h3-18,21H,19-20H2,1-2H3. The summed E-state index contributed by atoms with van der Waals surface area (Å²) in [7, 11) is 0. The Hall–Kier alpha value is -4.38. The van der Waals surface area contributed by atoms with Crippen LogP contribution in [0.3, 0.4) is 0 Å². The smallest absolute Gasteiger partial charge is 0.338 e. The molecule has 0 spiro atoms. The van der Waals surface area contributed by atoms with Crippen molar-refractivity contribution in [3.63, 3.8) is 0 Å². The highest BCUT2D eigenvalue weighted by molar-refractivity contribution is 6.12. The average molecular weight is 478 g/mol. The highest BCUT2D eigenvalue weighted by Crippen LogP contribution is 2.33. The van der Waals surface area contributed by atoms with E-state index in [1.54, 1.807) is 12.1 Å². The molecule has 1 heterocycles. The van der Waals surface area contributed by atoms with Crippen LogP contribution in [0.15, 0.2) is 97.1 Å². The number of aromatic nitrogens is 1. The first-order chi connectivity index (χ1) is 17.5. The summed E-state index contributed by atoms with van der Waals surface area (Å²) in [4.78, 5) is 25.7. The van der Waals surface area contributed by atoms with Crippen LogP contribution in [0.2, 0.25) is 0 Å². The molecule has 5 nitrogen and oxygen atoms in total. The fraction of sp³-hybridized carbons (Fsp3) is 0.161. The Morgan fingerprint density at radius 2 is 1.06 bits per heavy atom. The summed E-state index contributed by atoms with van der Waals surface area (Å²) < 4.78 is 13.3. The lowest BCUT2D eigenvalue weighted by Crippen LogP contribution is -2.05. The molecule has 5 rings (SSSR count). The summed E-state index contributed by atoms with van der Waals surface area (Å²) in [6.45, 7) is 4.65. The molecule has 0 saturated carbocycles. The van der Waals surface area contributed by atoms with E-state index in [1.165, 1.54) is 0 Å². The van der Waals surface area contributed by atoms with Gasteiger partial charge < -0.3 is 14.0 Å². The lowest BCUT2D eigenvalue weighted by molar-refractivity contribution is 0.0464. The van der Waals surface area contributed by atoms with Crippen LogP contribution in [-0.4, -0.2) is 16.5 Å². The Kier molecular flexibility index (Phi) is 6.54. The third-order valence-electron chi connectivity index (χ3n) is 6.22. The van der Waals surface area contributed by atoms with E-state index in [2.05, 4.69) is 18.4 Å². The third-order valence-corrected chi connectivity index (χ3v) is 6.22. The molecular weight excluding hydrogens is 450 g/mol. The maximum Gasteiger partial charge on any atom is 0.338 e. The van der Waals surface area contributed by atoms with E-state index >= 15 is 0 Å². The second kappa shape index (κ2) is 10.1. The molecule has 36 heavy (non-hydrogen) atoms. The number of esters is 2. The molecule has 0 saturated heterocycles. The van der Waals surface area contributed by atoms with Gasteiger partial charge in [-0.3, -0.25) is 0 Å². The van der Waals surface area contributed by atoms with E-state index in [-0.39, 0.29) is 31.2 Å². The molecule has 0 unspecified atom stereocenters. The fourth-order valence-corrected chi connectivity index (χ4v) is 4.48. The predicted molar refractivity (Wildman–Crippen MR) is 141 cm³/mol. The van der Waals surface area contributed by atoms with Gasteiger partial charge in [-0.25, -0.2) is 9.59 Å². The highest BCUT2D eigenvalue weighted by Gasteiger charge is 2.18. The van der Waals surface area contributed by atoms with Gasteiger partial charge in [-0.15, -0.1) is 0 Å². The number of carbonyl (C=O) groups is 2. The molecule has 5 aromatic rings. The number of hydrogen-bond acceptors (Lipinski definition) is 4. The molecule has 1 aromatic heterocycles. The van der Waals surface area contributed by atoms with Gasteiger partial charge in [0.25, 0.3) is 0 Å². The molecule has 0 aliphatic rings. The first-order valence-electron chi connectivity index (χ1n) is 12.0. The van der Waals surface area contributed by atoms with Crippen molar-refractivity contribution in [2.24, 2.45) is 0 Å². The van der Waals surface area contributed by atoms with E-state index in [0.29, 0.717) is 11.1 Å². The number of rotatable bonds is 7. The van der Waals surface area contributed by atoms with Crippen molar-refractivity contribution in [1.82, 2.24) is 4.57 Å². The summed E-state index contributed by atoms with van der Waals surface area (Å²) >= 11 is 0. The summed E-state index contributed by atoms with van der Waals surface area (Å²) in [5, 5.41) is 1.79. The van der Waals surface area contributed by atoms with E-state index in [9.17, 15) is 9.59 Å². The zero-order chi connectivity index (χ0) is 25.1. The SMILES string of the molecule is CC(C)n1c2ccc(C(=O)OCc3ccccc3)cc2c2cc(C(=O)OCc3ccccc3)ccc21. The molecule has 0 aliphatic heterocycles. The first kappa shape index (κ1) is 23.4. The Labute approximate surface area is 209 Å². The average Bonchev–Trinajstić information content (AvgIpc) is 3.24. The van der Waals surface area contributed by atoms with Crippen molar-refractivity contribution in [2.75, 3.05) is 0 Å². The highest BCUT2D eigenvalue weighted by atomic mass is 16.5. The normalized spacial score (nSPS) is 11.2. The van der Waals surface area contributed by atoms with Gasteiger partial charge in [-0.2, -0.15) is 0 Å². The summed E-state index contributed by atoms with van der Waals surface area (Å²) in [5.74, 6) is -0.769. The van der Waals surface area contributed by atoms with Crippen molar-refractivity contribution in [3.05, 3.63) is 119 Å². The van der Waals surface area contributed by atoms with E-state index in [0.717, 1.165) is 32.9 Å². The first-order valence-corrected chi connectivity index (χ1v) is 12.0. The van der Waals surface area contributed by atoms with Gasteiger partial charge in [0.05, 0.1) is 11.1 Å². The van der Waals surface area contributed by atoms with Crippen LogP contribution in [0.5, 0.6) is 0 Å². The molecule has 0 radical (unpaired) electrons. The van der Waals surface area contributed by atoms with E-state index in [1.807, 2.05) is 84.9 Å². The van der Waals surface area contributed by atoms with Crippen LogP contribution in [0.1, 0.15) is 51.7 Å². The van der Waals surface area contributed by atoms with Crippen LogP contribution in [0, 0.1) is 0 Å². The molecular formula is C31H27NO4. The lowest BCUT2D eigenvalue weighted by atomic mass is 10.1. The number of benzene rings is 4. The number of carbonyl (C=O) groups excluding carboxylic acids is 2. The largest absolute Gasteiger partial charge is 0.457 e. The predicted octanol–water partition coefficient (Wildman–Crippen LogP) is 7.09. The molecule has 0 aliphatic carbocycles. The fourth-order valence-electron chi connectivity index (χ4n) is 4.48. The zero-order valence-corrected chi connectivity index (χ0v) is 20.3. The third kappa shape index (κ3) is 4.73. The van der Waals surface area contributed by atoms with E-state index in [4.69, 9.17) is 9.47 Å². The monoisotopic (exact) mass is 477 g/mol. The van der Waals surface area contributed by atoms with Crippen LogP contribution in [-0.2, 0) is 22.7 Å². The summed E-state index contributed by atoms with van der Waals surface area (Å²) in [6.07, 6.45) is 0. The van der Waals surface area contributed by atoms with E-state index < -0.39 is 0 Å². The molecule has 5 heteroatoms. The number of ether oxygens (including phenoxy) is 2. The van der Waals surface area contributed by atoms with Gasteiger partial charge in [0.15, 0.2) is 0 Å². The van der Waals surface area contributed by atoms with Gasteiger partial charge in [0.1, 0.15) is 13.2 Å². The minimum Gasteiger partial charge on any atom is -0.457 e. The number of nitrogens with zero attached hydrogens (tertiary/aromatic N) is 1. The number of hydrogen-bond donors (Lipinski definition) is 0. The molecule has 0 amide bonds. The lowest BCUT2D eigenvalue weighted by Gasteiger charge is -2.12. The Bertz CT molecular complexity index is 1420.